The average molecular weight is 171 g/mol. The van der Waals surface area contributed by atoms with Crippen molar-refractivity contribution in [3.8, 4) is 0 Å². The number of hydrogen-bond donors (Lipinski definition) is 2. The van der Waals surface area contributed by atoms with E-state index >= 15 is 0 Å². The Morgan fingerprint density at radius 1 is 1.33 bits per heavy atom. The van der Waals surface area contributed by atoms with E-state index in [1.165, 1.54) is 19.3 Å². The highest BCUT2D eigenvalue weighted by molar-refractivity contribution is 4.87. The highest BCUT2D eigenvalue weighted by atomic mass is 16.3. The fourth-order valence-corrected chi connectivity index (χ4v) is 1.69. The molecule has 1 rings (SSSR count). The molecule has 0 aromatic rings. The maximum atomic E-state index is 9.01. The highest BCUT2D eigenvalue weighted by Crippen LogP contribution is 2.34. The molecule has 12 heavy (non-hydrogen) atoms. The molecule has 1 aliphatic carbocycles. The Bertz CT molecular complexity index is 119. The smallest absolute Gasteiger partial charge is 0.0584 e. The van der Waals surface area contributed by atoms with E-state index in [9.17, 15) is 0 Å². The molecule has 0 bridgehead atoms. The van der Waals surface area contributed by atoms with Crippen molar-refractivity contribution in [1.82, 2.24) is 5.32 Å². The summed E-state index contributed by atoms with van der Waals surface area (Å²) >= 11 is 0. The molecule has 0 aromatic carbocycles. The van der Waals surface area contributed by atoms with Crippen LogP contribution in [-0.4, -0.2) is 23.8 Å². The fraction of sp³-hybridized carbons (Fsp3) is 1.00. The van der Waals surface area contributed by atoms with E-state index in [-0.39, 0.29) is 6.61 Å². The first-order chi connectivity index (χ1) is 5.81. The van der Waals surface area contributed by atoms with Crippen molar-refractivity contribution in [1.29, 1.82) is 0 Å². The van der Waals surface area contributed by atoms with Crippen molar-refractivity contribution < 1.29 is 5.11 Å². The van der Waals surface area contributed by atoms with Gasteiger partial charge in [-0.05, 0) is 31.6 Å². The summed E-state index contributed by atoms with van der Waals surface area (Å²) in [6, 6.07) is 0.970. The molecule has 0 amide bonds. The zero-order chi connectivity index (χ0) is 8.97. The molecule has 0 aromatic heterocycles. The van der Waals surface area contributed by atoms with Gasteiger partial charge >= 0.3 is 0 Å². The van der Waals surface area contributed by atoms with Crippen molar-refractivity contribution in [3.63, 3.8) is 0 Å². The molecule has 2 N–H and O–H groups in total. The van der Waals surface area contributed by atoms with Gasteiger partial charge in [0.1, 0.15) is 0 Å². The molecule has 2 atom stereocenters. The normalized spacial score (nSPS) is 22.2. The third kappa shape index (κ3) is 2.76. The zero-order valence-electron chi connectivity index (χ0n) is 8.21. The third-order valence-electron chi connectivity index (χ3n) is 2.79. The molecule has 1 unspecified atom stereocenters. The van der Waals surface area contributed by atoms with Crippen molar-refractivity contribution >= 4 is 0 Å². The number of aliphatic hydroxyl groups is 1. The molecule has 1 aliphatic rings. The first-order valence-corrected chi connectivity index (χ1v) is 5.18. The second-order valence-electron chi connectivity index (χ2n) is 3.81. The molecule has 0 aliphatic heterocycles. The van der Waals surface area contributed by atoms with Gasteiger partial charge in [-0.25, -0.2) is 0 Å². The van der Waals surface area contributed by atoms with Crippen LogP contribution >= 0.6 is 0 Å². The number of aliphatic hydroxyl groups excluding tert-OH is 1. The van der Waals surface area contributed by atoms with Gasteiger partial charge < -0.3 is 10.4 Å². The Hall–Kier alpha value is -0.0800. The number of hydrogen-bond acceptors (Lipinski definition) is 2. The second-order valence-corrected chi connectivity index (χ2v) is 3.81. The maximum Gasteiger partial charge on any atom is 0.0584 e. The second kappa shape index (κ2) is 4.83. The molecule has 2 heteroatoms. The molecule has 1 saturated carbocycles. The molecule has 2 nitrogen and oxygen atoms in total. The van der Waals surface area contributed by atoms with Crippen LogP contribution in [0.25, 0.3) is 0 Å². The quantitative estimate of drug-likeness (QED) is 0.635. The standard InChI is InChI=1S/C10H21NO/c1-3-9(7-12)11-10(4-2)8-5-6-8/h8-12H,3-7H2,1-2H3/t9-,10?/m0/s1. The largest absolute Gasteiger partial charge is 0.395 e. The topological polar surface area (TPSA) is 32.3 Å². The van der Waals surface area contributed by atoms with E-state index in [0.717, 1.165) is 12.3 Å². The minimum absolute atomic E-state index is 0.278. The van der Waals surface area contributed by atoms with Gasteiger partial charge in [0, 0.05) is 12.1 Å². The molecule has 0 radical (unpaired) electrons. The lowest BCUT2D eigenvalue weighted by Gasteiger charge is -2.22. The van der Waals surface area contributed by atoms with Gasteiger partial charge in [-0.1, -0.05) is 13.8 Å². The summed E-state index contributed by atoms with van der Waals surface area (Å²) < 4.78 is 0. The van der Waals surface area contributed by atoms with E-state index in [4.69, 9.17) is 5.11 Å². The average Bonchev–Trinajstić information content (AvgIpc) is 2.90. The molecule has 72 valence electrons. The Labute approximate surface area is 75.4 Å². The Morgan fingerprint density at radius 2 is 2.00 bits per heavy atom. The van der Waals surface area contributed by atoms with Crippen molar-refractivity contribution in [2.45, 2.75) is 51.6 Å². The van der Waals surface area contributed by atoms with Crippen LogP contribution in [0.2, 0.25) is 0 Å². The molecule has 0 heterocycles. The molecular formula is C10H21NO. The van der Waals surface area contributed by atoms with Gasteiger partial charge in [-0.3, -0.25) is 0 Å². The van der Waals surface area contributed by atoms with Gasteiger partial charge in [0.2, 0.25) is 0 Å². The SMILES string of the molecule is CCC(N[C@@H](CC)CO)C1CC1. The third-order valence-corrected chi connectivity index (χ3v) is 2.79. The van der Waals surface area contributed by atoms with Crippen LogP contribution < -0.4 is 5.32 Å². The Kier molecular flexibility index (Phi) is 4.02. The van der Waals surface area contributed by atoms with E-state index in [1.54, 1.807) is 0 Å². The maximum absolute atomic E-state index is 9.01. The van der Waals surface area contributed by atoms with Gasteiger partial charge in [-0.15, -0.1) is 0 Å². The van der Waals surface area contributed by atoms with Crippen LogP contribution in [0.1, 0.15) is 39.5 Å². The summed E-state index contributed by atoms with van der Waals surface area (Å²) in [5, 5.41) is 12.5. The first kappa shape index (κ1) is 10.0. The van der Waals surface area contributed by atoms with Crippen LogP contribution in [0.4, 0.5) is 0 Å². The lowest BCUT2D eigenvalue weighted by molar-refractivity contribution is 0.221. The van der Waals surface area contributed by atoms with Crippen LogP contribution in [0, 0.1) is 5.92 Å². The van der Waals surface area contributed by atoms with Crippen LogP contribution in [-0.2, 0) is 0 Å². The summed E-state index contributed by atoms with van der Waals surface area (Å²) in [6.45, 7) is 4.62. The van der Waals surface area contributed by atoms with Gasteiger partial charge in [-0.2, -0.15) is 0 Å². The minimum atomic E-state index is 0.278. The number of nitrogens with one attached hydrogen (secondary N) is 1. The zero-order valence-corrected chi connectivity index (χ0v) is 8.21. The molecule has 0 saturated heterocycles. The van der Waals surface area contributed by atoms with Crippen molar-refractivity contribution in [2.75, 3.05) is 6.61 Å². The number of rotatable bonds is 6. The molecular weight excluding hydrogens is 150 g/mol. The predicted octanol–water partition coefficient (Wildman–Crippen LogP) is 1.54. The van der Waals surface area contributed by atoms with Crippen molar-refractivity contribution in [3.05, 3.63) is 0 Å². The summed E-state index contributed by atoms with van der Waals surface area (Å²) in [7, 11) is 0. The Balaban J connectivity index is 2.24. The van der Waals surface area contributed by atoms with Crippen LogP contribution in [0.5, 0.6) is 0 Å². The fourth-order valence-electron chi connectivity index (χ4n) is 1.69. The summed E-state index contributed by atoms with van der Waals surface area (Å²) in [6.07, 6.45) is 4.99. The minimum Gasteiger partial charge on any atom is -0.395 e. The lowest BCUT2D eigenvalue weighted by Crippen LogP contribution is -2.41. The summed E-state index contributed by atoms with van der Waals surface area (Å²) in [5.74, 6) is 0.899. The summed E-state index contributed by atoms with van der Waals surface area (Å²) in [5.41, 5.74) is 0. The summed E-state index contributed by atoms with van der Waals surface area (Å²) in [4.78, 5) is 0. The van der Waals surface area contributed by atoms with E-state index in [0.29, 0.717) is 12.1 Å². The van der Waals surface area contributed by atoms with E-state index < -0.39 is 0 Å². The van der Waals surface area contributed by atoms with Gasteiger partial charge in [0.15, 0.2) is 0 Å². The monoisotopic (exact) mass is 171 g/mol. The lowest BCUT2D eigenvalue weighted by atomic mass is 10.1. The van der Waals surface area contributed by atoms with E-state index in [1.807, 2.05) is 0 Å². The Morgan fingerprint density at radius 3 is 2.33 bits per heavy atom. The van der Waals surface area contributed by atoms with Crippen molar-refractivity contribution in [2.24, 2.45) is 5.92 Å². The van der Waals surface area contributed by atoms with Gasteiger partial charge in [0.25, 0.3) is 0 Å². The molecule has 1 fully saturated rings. The predicted molar refractivity (Wildman–Crippen MR) is 51.1 cm³/mol. The first-order valence-electron chi connectivity index (χ1n) is 5.18. The van der Waals surface area contributed by atoms with Gasteiger partial charge in [0.05, 0.1) is 6.61 Å². The molecule has 0 spiro atoms. The van der Waals surface area contributed by atoms with Crippen LogP contribution in [0.15, 0.2) is 0 Å². The highest BCUT2D eigenvalue weighted by Gasteiger charge is 2.30. The van der Waals surface area contributed by atoms with E-state index in [2.05, 4.69) is 19.2 Å². The van der Waals surface area contributed by atoms with Crippen LogP contribution in [0.3, 0.4) is 0 Å².